The lowest BCUT2D eigenvalue weighted by Crippen LogP contribution is -2.15. The van der Waals surface area contributed by atoms with Crippen molar-refractivity contribution in [2.75, 3.05) is 0 Å². The molecule has 1 rings (SSSR count). The fourth-order valence-corrected chi connectivity index (χ4v) is 1.09. The molecule has 0 amide bonds. The number of hydrogen-bond donors (Lipinski definition) is 3. The van der Waals surface area contributed by atoms with Gasteiger partial charge in [-0.25, -0.2) is 0 Å². The number of nitrogens with two attached hydrogens (primary N) is 2. The molecule has 90 valence electrons. The second kappa shape index (κ2) is 7.07. The van der Waals surface area contributed by atoms with E-state index in [1.807, 2.05) is 19.9 Å². The van der Waals surface area contributed by atoms with E-state index in [4.69, 9.17) is 22.1 Å². The zero-order chi connectivity index (χ0) is 13.4. The van der Waals surface area contributed by atoms with E-state index in [2.05, 4.69) is 0 Å². The number of amidine groups is 1. The van der Waals surface area contributed by atoms with E-state index in [9.17, 15) is 0 Å². The highest BCUT2D eigenvalue weighted by Crippen LogP contribution is 2.13. The standard InChI is InChI=1S/C11H12N4.C2H6/c1-7(11(14)15)10(13)9-4-2-8(6-12)3-5-9;1-2/h2-5H,13H2,1H3,(H3,14,15);1-2H3/b10-7-;. The summed E-state index contributed by atoms with van der Waals surface area (Å²) in [4.78, 5) is 0. The Balaban J connectivity index is 0.00000121. The third-order valence-electron chi connectivity index (χ3n) is 2.13. The van der Waals surface area contributed by atoms with E-state index >= 15 is 0 Å². The molecule has 0 aliphatic heterocycles. The van der Waals surface area contributed by atoms with Crippen LogP contribution in [0.1, 0.15) is 31.9 Å². The van der Waals surface area contributed by atoms with Gasteiger partial charge >= 0.3 is 0 Å². The quantitative estimate of drug-likeness (QED) is 0.536. The van der Waals surface area contributed by atoms with Gasteiger partial charge in [0.15, 0.2) is 0 Å². The smallest absolute Gasteiger partial charge is 0.120 e. The van der Waals surface area contributed by atoms with Gasteiger partial charge < -0.3 is 11.5 Å². The van der Waals surface area contributed by atoms with Crippen molar-refractivity contribution in [1.82, 2.24) is 0 Å². The van der Waals surface area contributed by atoms with Crippen molar-refractivity contribution in [2.45, 2.75) is 20.8 Å². The monoisotopic (exact) mass is 230 g/mol. The van der Waals surface area contributed by atoms with Crippen molar-refractivity contribution in [3.05, 3.63) is 41.0 Å². The molecule has 0 saturated carbocycles. The number of nitrogens with one attached hydrogen (secondary N) is 1. The highest BCUT2D eigenvalue weighted by molar-refractivity contribution is 6.00. The Morgan fingerprint density at radius 2 is 1.65 bits per heavy atom. The molecule has 5 N–H and O–H groups in total. The molecule has 0 heterocycles. The van der Waals surface area contributed by atoms with Gasteiger partial charge in [-0.2, -0.15) is 5.26 Å². The number of nitrogens with zero attached hydrogens (tertiary/aromatic N) is 1. The first-order chi connectivity index (χ1) is 8.06. The number of hydrogen-bond acceptors (Lipinski definition) is 3. The molecule has 0 bridgehead atoms. The van der Waals surface area contributed by atoms with E-state index in [-0.39, 0.29) is 5.84 Å². The van der Waals surface area contributed by atoms with Crippen LogP contribution in [-0.2, 0) is 0 Å². The Morgan fingerprint density at radius 1 is 1.18 bits per heavy atom. The first-order valence-corrected chi connectivity index (χ1v) is 5.37. The van der Waals surface area contributed by atoms with Gasteiger partial charge in [0.1, 0.15) is 5.84 Å². The maximum atomic E-state index is 8.62. The molecule has 0 saturated heterocycles. The van der Waals surface area contributed by atoms with Crippen molar-refractivity contribution >= 4 is 11.5 Å². The summed E-state index contributed by atoms with van der Waals surface area (Å²) in [6.07, 6.45) is 0. The molecule has 17 heavy (non-hydrogen) atoms. The minimum atomic E-state index is -0.0446. The van der Waals surface area contributed by atoms with Crippen LogP contribution in [-0.4, -0.2) is 5.84 Å². The molecule has 1 aromatic rings. The van der Waals surface area contributed by atoms with E-state index < -0.39 is 0 Å². The maximum Gasteiger partial charge on any atom is 0.120 e. The molecule has 0 unspecified atom stereocenters. The summed E-state index contributed by atoms with van der Waals surface area (Å²) in [5.41, 5.74) is 13.5. The van der Waals surface area contributed by atoms with E-state index in [1.54, 1.807) is 31.2 Å². The number of rotatable bonds is 2. The Kier molecular flexibility index (Phi) is 6.12. The van der Waals surface area contributed by atoms with Crippen LogP contribution < -0.4 is 11.5 Å². The average molecular weight is 230 g/mol. The first-order valence-electron chi connectivity index (χ1n) is 5.37. The van der Waals surface area contributed by atoms with E-state index in [0.29, 0.717) is 16.8 Å². The van der Waals surface area contributed by atoms with Gasteiger partial charge in [0.05, 0.1) is 11.6 Å². The molecule has 0 radical (unpaired) electrons. The van der Waals surface area contributed by atoms with Crippen molar-refractivity contribution in [2.24, 2.45) is 11.5 Å². The zero-order valence-electron chi connectivity index (χ0n) is 10.4. The first kappa shape index (κ1) is 14.7. The molecule has 0 fully saturated rings. The van der Waals surface area contributed by atoms with Gasteiger partial charge in [-0.15, -0.1) is 0 Å². The van der Waals surface area contributed by atoms with Gasteiger partial charge in [-0.3, -0.25) is 5.41 Å². The molecule has 0 aliphatic rings. The van der Waals surface area contributed by atoms with Crippen LogP contribution in [0.3, 0.4) is 0 Å². The van der Waals surface area contributed by atoms with Crippen LogP contribution in [0.15, 0.2) is 29.8 Å². The molecule has 0 aliphatic carbocycles. The third-order valence-corrected chi connectivity index (χ3v) is 2.13. The summed E-state index contributed by atoms with van der Waals surface area (Å²) >= 11 is 0. The van der Waals surface area contributed by atoms with Crippen LogP contribution in [0.25, 0.3) is 5.70 Å². The summed E-state index contributed by atoms with van der Waals surface area (Å²) < 4.78 is 0. The molecule has 0 spiro atoms. The lowest BCUT2D eigenvalue weighted by molar-refractivity contribution is 1.36. The van der Waals surface area contributed by atoms with Crippen LogP contribution in [0, 0.1) is 16.7 Å². The minimum absolute atomic E-state index is 0.0446. The highest BCUT2D eigenvalue weighted by Gasteiger charge is 2.03. The second-order valence-corrected chi connectivity index (χ2v) is 3.14. The third kappa shape index (κ3) is 3.99. The predicted molar refractivity (Wildman–Crippen MR) is 71.2 cm³/mol. The summed E-state index contributed by atoms with van der Waals surface area (Å²) in [5.74, 6) is -0.0446. The fraction of sp³-hybridized carbons (Fsp3) is 0.231. The van der Waals surface area contributed by atoms with Crippen LogP contribution >= 0.6 is 0 Å². The van der Waals surface area contributed by atoms with Crippen molar-refractivity contribution in [3.63, 3.8) is 0 Å². The SMILES string of the molecule is C/C(C(=N)N)=C(/N)c1ccc(C#N)cc1.CC. The molecular formula is C13H18N4. The minimum Gasteiger partial charge on any atom is -0.398 e. The van der Waals surface area contributed by atoms with Crippen LogP contribution in [0.4, 0.5) is 0 Å². The number of benzene rings is 1. The molecule has 1 aromatic carbocycles. The lowest BCUT2D eigenvalue weighted by atomic mass is 10.1. The Morgan fingerprint density at radius 3 is 2.00 bits per heavy atom. The van der Waals surface area contributed by atoms with Gasteiger partial charge in [0, 0.05) is 11.3 Å². The summed E-state index contributed by atoms with van der Waals surface area (Å²) in [6.45, 7) is 5.69. The van der Waals surface area contributed by atoms with E-state index in [0.717, 1.165) is 5.56 Å². The van der Waals surface area contributed by atoms with Gasteiger partial charge in [0.2, 0.25) is 0 Å². The number of nitriles is 1. The molecule has 0 aromatic heterocycles. The van der Waals surface area contributed by atoms with Crippen LogP contribution in [0.2, 0.25) is 0 Å². The topological polar surface area (TPSA) is 99.7 Å². The Hall–Kier alpha value is -2.28. The van der Waals surface area contributed by atoms with E-state index in [1.165, 1.54) is 0 Å². The molecular weight excluding hydrogens is 212 g/mol. The predicted octanol–water partition coefficient (Wildman–Crippen LogP) is 2.21. The lowest BCUT2D eigenvalue weighted by Gasteiger charge is -2.06. The molecule has 0 atom stereocenters. The van der Waals surface area contributed by atoms with Crippen molar-refractivity contribution < 1.29 is 0 Å². The summed E-state index contributed by atoms with van der Waals surface area (Å²) in [5, 5.41) is 15.9. The summed E-state index contributed by atoms with van der Waals surface area (Å²) in [7, 11) is 0. The second-order valence-electron chi connectivity index (χ2n) is 3.14. The fourth-order valence-electron chi connectivity index (χ4n) is 1.09. The Bertz CT molecular complexity index is 449. The summed E-state index contributed by atoms with van der Waals surface area (Å²) in [6, 6.07) is 8.85. The Labute approximate surface area is 102 Å². The van der Waals surface area contributed by atoms with Crippen LogP contribution in [0.5, 0.6) is 0 Å². The maximum absolute atomic E-state index is 8.62. The van der Waals surface area contributed by atoms with Gasteiger partial charge in [-0.05, 0) is 24.6 Å². The zero-order valence-corrected chi connectivity index (χ0v) is 10.4. The largest absolute Gasteiger partial charge is 0.398 e. The van der Waals surface area contributed by atoms with Crippen molar-refractivity contribution in [1.29, 1.82) is 10.7 Å². The molecule has 4 heteroatoms. The normalized spacial score (nSPS) is 10.5. The molecule has 4 nitrogen and oxygen atoms in total. The average Bonchev–Trinajstić information content (AvgIpc) is 2.39. The highest BCUT2D eigenvalue weighted by atomic mass is 14.7. The van der Waals surface area contributed by atoms with Gasteiger partial charge in [0.25, 0.3) is 0 Å². The van der Waals surface area contributed by atoms with Gasteiger partial charge in [-0.1, -0.05) is 26.0 Å². The van der Waals surface area contributed by atoms with Crippen molar-refractivity contribution in [3.8, 4) is 6.07 Å².